The molecule has 0 N–H and O–H groups in total. The van der Waals surface area contributed by atoms with Crippen LogP contribution >= 0.6 is 11.8 Å². The number of ether oxygens (including phenoxy) is 2. The van der Waals surface area contributed by atoms with Crippen molar-refractivity contribution in [3.63, 3.8) is 0 Å². The van der Waals surface area contributed by atoms with Crippen molar-refractivity contribution < 1.29 is 19.1 Å². The molecule has 0 amide bonds. The maximum atomic E-state index is 12.1. The third kappa shape index (κ3) is 2.49. The Bertz CT molecular complexity index is 583. The number of nitrogens with zero attached hydrogens (tertiary/aromatic N) is 1. The van der Waals surface area contributed by atoms with E-state index in [0.717, 1.165) is 4.90 Å². The van der Waals surface area contributed by atoms with Gasteiger partial charge in [0.05, 0.1) is 26.2 Å². The molecular weight excluding hydrogens is 290 g/mol. The van der Waals surface area contributed by atoms with Crippen LogP contribution < -0.4 is 0 Å². The second-order valence-electron chi connectivity index (χ2n) is 4.70. The van der Waals surface area contributed by atoms with Gasteiger partial charge in [-0.15, -0.1) is 11.8 Å². The molecule has 0 radical (unpaired) electrons. The van der Waals surface area contributed by atoms with Crippen LogP contribution in [0, 0.1) is 22.7 Å². The van der Waals surface area contributed by atoms with E-state index in [9.17, 15) is 14.9 Å². The van der Waals surface area contributed by atoms with Gasteiger partial charge < -0.3 is 9.47 Å². The van der Waals surface area contributed by atoms with E-state index >= 15 is 0 Å². The summed E-state index contributed by atoms with van der Waals surface area (Å²) < 4.78 is 9.46. The Morgan fingerprint density at radius 1 is 1.29 bits per heavy atom. The number of hydrogen-bond acceptors (Lipinski definition) is 6. The molecular formula is C15H15NO4S. The van der Waals surface area contributed by atoms with E-state index in [2.05, 4.69) is 0 Å². The summed E-state index contributed by atoms with van der Waals surface area (Å²) in [6, 6.07) is 11.5. The lowest BCUT2D eigenvalue weighted by atomic mass is 9.60. The van der Waals surface area contributed by atoms with Gasteiger partial charge in [-0.3, -0.25) is 9.59 Å². The average molecular weight is 305 g/mol. The first-order chi connectivity index (χ1) is 10.1. The molecule has 1 aromatic carbocycles. The largest absolute Gasteiger partial charge is 0.469 e. The summed E-state index contributed by atoms with van der Waals surface area (Å²) in [6.45, 7) is 0. The third-order valence-corrected chi connectivity index (χ3v) is 5.12. The number of nitriles is 1. The first-order valence-corrected chi connectivity index (χ1v) is 7.27. The molecule has 2 rings (SSSR count). The first-order valence-electron chi connectivity index (χ1n) is 6.39. The number of methoxy groups -OCH3 is 2. The zero-order valence-electron chi connectivity index (χ0n) is 11.7. The zero-order valence-corrected chi connectivity index (χ0v) is 12.6. The molecule has 1 fully saturated rings. The van der Waals surface area contributed by atoms with Gasteiger partial charge in [0, 0.05) is 10.1 Å². The minimum Gasteiger partial charge on any atom is -0.469 e. The summed E-state index contributed by atoms with van der Waals surface area (Å²) in [5.74, 6) is -2.01. The van der Waals surface area contributed by atoms with Gasteiger partial charge in [-0.05, 0) is 18.6 Å². The van der Waals surface area contributed by atoms with E-state index in [1.807, 2.05) is 36.4 Å². The standard InChI is InChI=1S/C15H15NO4S/c1-19-13(17)11-8-12(15(11,9-16)14(18)20-2)21-10-6-4-3-5-7-10/h3-7,11-12H,8H2,1-2H3. The normalized spacial score (nSPS) is 27.1. The Hall–Kier alpha value is -2.00. The van der Waals surface area contributed by atoms with Crippen molar-refractivity contribution in [2.24, 2.45) is 11.3 Å². The van der Waals surface area contributed by atoms with E-state index in [1.165, 1.54) is 26.0 Å². The number of rotatable bonds is 4. The van der Waals surface area contributed by atoms with Crippen LogP contribution in [0.15, 0.2) is 35.2 Å². The highest BCUT2D eigenvalue weighted by Crippen LogP contribution is 2.55. The molecule has 0 spiro atoms. The summed E-state index contributed by atoms with van der Waals surface area (Å²) in [4.78, 5) is 24.8. The molecule has 1 aromatic rings. The monoisotopic (exact) mass is 305 g/mol. The molecule has 6 heteroatoms. The highest BCUT2D eigenvalue weighted by molar-refractivity contribution is 8.00. The van der Waals surface area contributed by atoms with Crippen LogP contribution in [0.3, 0.4) is 0 Å². The number of hydrogen-bond donors (Lipinski definition) is 0. The predicted octanol–water partition coefficient (Wildman–Crippen LogP) is 2.02. The van der Waals surface area contributed by atoms with E-state index in [4.69, 9.17) is 9.47 Å². The molecule has 0 heterocycles. The van der Waals surface area contributed by atoms with Gasteiger partial charge in [0.25, 0.3) is 0 Å². The average Bonchev–Trinajstić information content (AvgIpc) is 2.52. The SMILES string of the molecule is COC(=O)C1CC(Sc2ccccc2)C1(C#N)C(=O)OC. The molecule has 0 bridgehead atoms. The maximum absolute atomic E-state index is 12.1. The molecule has 3 unspecified atom stereocenters. The molecule has 5 nitrogen and oxygen atoms in total. The topological polar surface area (TPSA) is 76.4 Å². The van der Waals surface area contributed by atoms with Crippen molar-refractivity contribution in [3.05, 3.63) is 30.3 Å². The van der Waals surface area contributed by atoms with Crippen molar-refractivity contribution in [2.75, 3.05) is 14.2 Å². The third-order valence-electron chi connectivity index (χ3n) is 3.72. The van der Waals surface area contributed by atoms with Gasteiger partial charge in [0.2, 0.25) is 0 Å². The van der Waals surface area contributed by atoms with Crippen LogP contribution in [0.4, 0.5) is 0 Å². The fourth-order valence-corrected chi connectivity index (χ4v) is 3.95. The molecule has 0 aliphatic heterocycles. The van der Waals surface area contributed by atoms with Crippen molar-refractivity contribution in [2.45, 2.75) is 16.6 Å². The summed E-state index contributed by atoms with van der Waals surface area (Å²) >= 11 is 1.41. The minimum atomic E-state index is -1.48. The highest BCUT2D eigenvalue weighted by atomic mass is 32.2. The van der Waals surface area contributed by atoms with Gasteiger partial charge in [0.1, 0.15) is 0 Å². The van der Waals surface area contributed by atoms with Gasteiger partial charge in [-0.1, -0.05) is 18.2 Å². The van der Waals surface area contributed by atoms with Crippen LogP contribution in [0.1, 0.15) is 6.42 Å². The van der Waals surface area contributed by atoms with E-state index in [0.29, 0.717) is 6.42 Å². The van der Waals surface area contributed by atoms with Crippen LogP contribution in [0.5, 0.6) is 0 Å². The number of esters is 2. The lowest BCUT2D eigenvalue weighted by Crippen LogP contribution is -2.59. The van der Waals surface area contributed by atoms with Gasteiger partial charge >= 0.3 is 11.9 Å². The molecule has 0 saturated heterocycles. The number of carbonyl (C=O) groups is 2. The van der Waals surface area contributed by atoms with Crippen LogP contribution in [-0.2, 0) is 19.1 Å². The minimum absolute atomic E-state index is 0.332. The Morgan fingerprint density at radius 3 is 2.48 bits per heavy atom. The number of benzene rings is 1. The maximum Gasteiger partial charge on any atom is 0.328 e. The quantitative estimate of drug-likeness (QED) is 0.792. The van der Waals surface area contributed by atoms with Crippen molar-refractivity contribution in [1.82, 2.24) is 0 Å². The number of thioether (sulfide) groups is 1. The molecule has 3 atom stereocenters. The van der Waals surface area contributed by atoms with Crippen LogP contribution in [-0.4, -0.2) is 31.4 Å². The lowest BCUT2D eigenvalue weighted by Gasteiger charge is -2.46. The Kier molecular flexibility index (Phi) is 4.53. The van der Waals surface area contributed by atoms with Gasteiger partial charge in [-0.2, -0.15) is 5.26 Å². The first kappa shape index (κ1) is 15.4. The lowest BCUT2D eigenvalue weighted by molar-refractivity contribution is -0.170. The molecule has 0 aromatic heterocycles. The molecule has 110 valence electrons. The van der Waals surface area contributed by atoms with Crippen LogP contribution in [0.25, 0.3) is 0 Å². The summed E-state index contributed by atoms with van der Waals surface area (Å²) in [6.07, 6.45) is 0.412. The van der Waals surface area contributed by atoms with E-state index in [1.54, 1.807) is 0 Å². The Labute approximate surface area is 127 Å². The molecule has 1 aliphatic carbocycles. The van der Waals surface area contributed by atoms with E-state index in [-0.39, 0.29) is 5.25 Å². The summed E-state index contributed by atoms with van der Waals surface area (Å²) in [5.41, 5.74) is -1.48. The van der Waals surface area contributed by atoms with Crippen molar-refractivity contribution in [1.29, 1.82) is 5.26 Å². The summed E-state index contributed by atoms with van der Waals surface area (Å²) in [5, 5.41) is 9.20. The van der Waals surface area contributed by atoms with E-state index < -0.39 is 23.3 Å². The van der Waals surface area contributed by atoms with Crippen molar-refractivity contribution >= 4 is 23.7 Å². The van der Waals surface area contributed by atoms with Crippen LogP contribution in [0.2, 0.25) is 0 Å². The number of carbonyl (C=O) groups excluding carboxylic acids is 2. The highest BCUT2D eigenvalue weighted by Gasteiger charge is 2.65. The second kappa shape index (κ2) is 6.19. The fraction of sp³-hybridized carbons (Fsp3) is 0.400. The van der Waals surface area contributed by atoms with Gasteiger partial charge in [-0.25, -0.2) is 0 Å². The molecule has 1 aliphatic rings. The Balaban J connectivity index is 2.29. The van der Waals surface area contributed by atoms with Crippen molar-refractivity contribution in [3.8, 4) is 6.07 Å². The molecule has 21 heavy (non-hydrogen) atoms. The zero-order chi connectivity index (χ0) is 15.5. The second-order valence-corrected chi connectivity index (χ2v) is 5.98. The molecule has 1 saturated carbocycles. The predicted molar refractivity (Wildman–Crippen MR) is 76.3 cm³/mol. The smallest absolute Gasteiger partial charge is 0.328 e. The fourth-order valence-electron chi connectivity index (χ4n) is 2.52. The Morgan fingerprint density at radius 2 is 1.95 bits per heavy atom. The summed E-state index contributed by atoms with van der Waals surface area (Å²) in [7, 11) is 2.47. The van der Waals surface area contributed by atoms with Gasteiger partial charge in [0.15, 0.2) is 5.41 Å².